The van der Waals surface area contributed by atoms with E-state index >= 15 is 0 Å². The first kappa shape index (κ1) is 14.1. The summed E-state index contributed by atoms with van der Waals surface area (Å²) in [4.78, 5) is 0. The average molecular weight is 267 g/mol. The number of aromatic hydroxyl groups is 1. The topological polar surface area (TPSA) is 55.5 Å². The van der Waals surface area contributed by atoms with Gasteiger partial charge < -0.3 is 15.6 Å². The molecule has 1 fully saturated rings. The van der Waals surface area contributed by atoms with Crippen molar-refractivity contribution >= 4 is 0 Å². The van der Waals surface area contributed by atoms with Crippen LogP contribution in [0.2, 0.25) is 0 Å². The number of hydrogen-bond donors (Lipinski definition) is 2. The summed E-state index contributed by atoms with van der Waals surface area (Å²) in [6.45, 7) is 2.19. The molecule has 2 rings (SSSR count). The van der Waals surface area contributed by atoms with Crippen LogP contribution in [0.1, 0.15) is 43.2 Å². The lowest BCUT2D eigenvalue weighted by atomic mass is 9.69. The second-order valence-corrected chi connectivity index (χ2v) is 5.48. The normalized spacial score (nSPS) is 18.3. The molecule has 1 saturated carbocycles. The van der Waals surface area contributed by atoms with Gasteiger partial charge in [0, 0.05) is 12.0 Å². The fourth-order valence-electron chi connectivity index (χ4n) is 3.14. The first-order chi connectivity index (χ1) is 9.05. The summed E-state index contributed by atoms with van der Waals surface area (Å²) < 4.78 is 19.6. The number of ether oxygens (including phenoxy) is 1. The average Bonchev–Trinajstić information content (AvgIpc) is 2.44. The highest BCUT2D eigenvalue weighted by Crippen LogP contribution is 2.44. The highest BCUT2D eigenvalue weighted by Gasteiger charge is 2.36. The van der Waals surface area contributed by atoms with Crippen LogP contribution >= 0.6 is 0 Å². The third-order valence-electron chi connectivity index (χ3n) is 4.36. The van der Waals surface area contributed by atoms with Crippen LogP contribution in [0, 0.1) is 12.7 Å². The SMILES string of the molecule is COc1c(O)c(C)cc(C2(CN)CCCCC2)c1F. The molecule has 0 radical (unpaired) electrons. The third-order valence-corrected chi connectivity index (χ3v) is 4.36. The molecule has 1 aromatic carbocycles. The largest absolute Gasteiger partial charge is 0.504 e. The van der Waals surface area contributed by atoms with Gasteiger partial charge in [-0.2, -0.15) is 0 Å². The summed E-state index contributed by atoms with van der Waals surface area (Å²) in [7, 11) is 1.37. The quantitative estimate of drug-likeness (QED) is 0.885. The van der Waals surface area contributed by atoms with Crippen LogP contribution in [0.5, 0.6) is 11.5 Å². The molecule has 3 nitrogen and oxygen atoms in total. The molecule has 106 valence electrons. The molecule has 0 heterocycles. The van der Waals surface area contributed by atoms with Crippen molar-refractivity contribution in [2.24, 2.45) is 5.73 Å². The molecule has 0 saturated heterocycles. The molecule has 1 aliphatic carbocycles. The van der Waals surface area contributed by atoms with Crippen molar-refractivity contribution in [3.8, 4) is 11.5 Å². The Labute approximate surface area is 113 Å². The monoisotopic (exact) mass is 267 g/mol. The van der Waals surface area contributed by atoms with Crippen LogP contribution < -0.4 is 10.5 Å². The van der Waals surface area contributed by atoms with Crippen molar-refractivity contribution in [3.63, 3.8) is 0 Å². The lowest BCUT2D eigenvalue weighted by Gasteiger charge is -2.37. The zero-order valence-electron chi connectivity index (χ0n) is 11.6. The number of hydrogen-bond acceptors (Lipinski definition) is 3. The lowest BCUT2D eigenvalue weighted by Crippen LogP contribution is -2.38. The summed E-state index contributed by atoms with van der Waals surface area (Å²) in [6.07, 6.45) is 5.11. The van der Waals surface area contributed by atoms with E-state index < -0.39 is 5.82 Å². The smallest absolute Gasteiger partial charge is 0.197 e. The fraction of sp³-hybridized carbons (Fsp3) is 0.600. The van der Waals surface area contributed by atoms with Crippen molar-refractivity contribution in [2.75, 3.05) is 13.7 Å². The predicted octanol–water partition coefficient (Wildman–Crippen LogP) is 3.01. The molecule has 4 heteroatoms. The number of methoxy groups -OCH3 is 1. The second-order valence-electron chi connectivity index (χ2n) is 5.48. The molecule has 0 amide bonds. The Balaban J connectivity index is 2.57. The molecule has 0 aromatic heterocycles. The first-order valence-corrected chi connectivity index (χ1v) is 6.82. The highest BCUT2D eigenvalue weighted by atomic mass is 19.1. The van der Waals surface area contributed by atoms with Crippen molar-refractivity contribution in [3.05, 3.63) is 23.0 Å². The molecule has 0 aliphatic heterocycles. The van der Waals surface area contributed by atoms with Crippen LogP contribution in [0.25, 0.3) is 0 Å². The van der Waals surface area contributed by atoms with Crippen molar-refractivity contribution in [1.82, 2.24) is 0 Å². The van der Waals surface area contributed by atoms with Gasteiger partial charge in [-0.05, 0) is 37.0 Å². The van der Waals surface area contributed by atoms with Gasteiger partial charge in [0.15, 0.2) is 17.3 Å². The van der Waals surface area contributed by atoms with Crippen molar-refractivity contribution in [2.45, 2.75) is 44.4 Å². The first-order valence-electron chi connectivity index (χ1n) is 6.82. The molecule has 0 unspecified atom stereocenters. The van der Waals surface area contributed by atoms with E-state index in [1.807, 2.05) is 0 Å². The zero-order chi connectivity index (χ0) is 14.0. The van der Waals surface area contributed by atoms with Gasteiger partial charge in [0.05, 0.1) is 7.11 Å². The predicted molar refractivity (Wildman–Crippen MR) is 73.2 cm³/mol. The van der Waals surface area contributed by atoms with Gasteiger partial charge in [0.1, 0.15) is 0 Å². The van der Waals surface area contributed by atoms with Gasteiger partial charge >= 0.3 is 0 Å². The van der Waals surface area contributed by atoms with E-state index in [1.165, 1.54) is 13.5 Å². The maximum Gasteiger partial charge on any atom is 0.197 e. The molecule has 0 spiro atoms. The van der Waals surface area contributed by atoms with Gasteiger partial charge in [-0.15, -0.1) is 0 Å². The molecular formula is C15H22FNO2. The Hall–Kier alpha value is -1.29. The van der Waals surface area contributed by atoms with Gasteiger partial charge in [-0.3, -0.25) is 0 Å². The van der Waals surface area contributed by atoms with E-state index in [4.69, 9.17) is 10.5 Å². The Morgan fingerprint density at radius 3 is 2.53 bits per heavy atom. The number of halogens is 1. The van der Waals surface area contributed by atoms with E-state index in [0.29, 0.717) is 17.7 Å². The molecule has 0 atom stereocenters. The van der Waals surface area contributed by atoms with Crippen LogP contribution in [0.4, 0.5) is 4.39 Å². The van der Waals surface area contributed by atoms with Crippen LogP contribution in [-0.2, 0) is 5.41 Å². The Morgan fingerprint density at radius 2 is 2.00 bits per heavy atom. The molecule has 1 aliphatic rings. The summed E-state index contributed by atoms with van der Waals surface area (Å²) >= 11 is 0. The number of rotatable bonds is 3. The molecule has 1 aromatic rings. The standard InChI is InChI=1S/C15H22FNO2/c1-10-8-11(12(16)14(19-2)13(10)18)15(9-17)6-4-3-5-7-15/h8,18H,3-7,9,17H2,1-2H3. The third kappa shape index (κ3) is 2.29. The Bertz CT molecular complexity index is 468. The minimum absolute atomic E-state index is 0.0617. The number of benzene rings is 1. The zero-order valence-corrected chi connectivity index (χ0v) is 11.6. The summed E-state index contributed by atoms with van der Waals surface area (Å²) in [5, 5.41) is 9.86. The number of phenolic OH excluding ortho intramolecular Hbond substituents is 1. The van der Waals surface area contributed by atoms with E-state index in [0.717, 1.165) is 25.7 Å². The van der Waals surface area contributed by atoms with Crippen LogP contribution in [0.15, 0.2) is 6.07 Å². The van der Waals surface area contributed by atoms with Gasteiger partial charge in [-0.1, -0.05) is 19.3 Å². The minimum Gasteiger partial charge on any atom is -0.504 e. The number of phenols is 1. The second kappa shape index (κ2) is 5.37. The Kier molecular flexibility index (Phi) is 3.99. The maximum absolute atomic E-state index is 14.6. The van der Waals surface area contributed by atoms with E-state index in [2.05, 4.69) is 0 Å². The van der Waals surface area contributed by atoms with E-state index in [9.17, 15) is 9.50 Å². The van der Waals surface area contributed by atoms with Gasteiger partial charge in [-0.25, -0.2) is 4.39 Å². The number of nitrogens with two attached hydrogens (primary N) is 1. The van der Waals surface area contributed by atoms with Crippen molar-refractivity contribution < 1.29 is 14.2 Å². The van der Waals surface area contributed by atoms with Gasteiger partial charge in [0.25, 0.3) is 0 Å². The molecule has 3 N–H and O–H groups in total. The van der Waals surface area contributed by atoms with Crippen LogP contribution in [0.3, 0.4) is 0 Å². The number of aryl methyl sites for hydroxylation is 1. The van der Waals surface area contributed by atoms with Crippen molar-refractivity contribution in [1.29, 1.82) is 0 Å². The fourth-order valence-corrected chi connectivity index (χ4v) is 3.14. The molecule has 0 bridgehead atoms. The Morgan fingerprint density at radius 1 is 1.37 bits per heavy atom. The highest BCUT2D eigenvalue weighted by molar-refractivity contribution is 5.51. The van der Waals surface area contributed by atoms with E-state index in [1.54, 1.807) is 13.0 Å². The summed E-state index contributed by atoms with van der Waals surface area (Å²) in [5.41, 5.74) is 6.87. The minimum atomic E-state index is -0.460. The lowest BCUT2D eigenvalue weighted by molar-refractivity contribution is 0.282. The van der Waals surface area contributed by atoms with Crippen LogP contribution in [-0.4, -0.2) is 18.8 Å². The van der Waals surface area contributed by atoms with Gasteiger partial charge in [0.2, 0.25) is 0 Å². The summed E-state index contributed by atoms with van der Waals surface area (Å²) in [5.74, 6) is -0.641. The van der Waals surface area contributed by atoms with E-state index in [-0.39, 0.29) is 16.9 Å². The molecule has 19 heavy (non-hydrogen) atoms. The molecular weight excluding hydrogens is 245 g/mol. The maximum atomic E-state index is 14.6. The summed E-state index contributed by atoms with van der Waals surface area (Å²) in [6, 6.07) is 1.73.